The Kier molecular flexibility index (Phi) is 5.40. The predicted molar refractivity (Wildman–Crippen MR) is 112 cm³/mol. The van der Waals surface area contributed by atoms with Crippen LogP contribution < -0.4 is 4.90 Å². The number of carbonyl (C=O) groups excluding carboxylic acids is 1. The van der Waals surface area contributed by atoms with E-state index in [1.807, 2.05) is 42.5 Å². The third kappa shape index (κ3) is 3.86. The molecule has 1 saturated heterocycles. The minimum Gasteiger partial charge on any atom is -0.376 e. The first-order valence-corrected chi connectivity index (χ1v) is 10.8. The largest absolute Gasteiger partial charge is 0.376 e. The Labute approximate surface area is 172 Å². The summed E-state index contributed by atoms with van der Waals surface area (Å²) in [6.07, 6.45) is 2.07. The van der Waals surface area contributed by atoms with Crippen LogP contribution in [0.15, 0.2) is 51.4 Å². The predicted octanol–water partition coefficient (Wildman–Crippen LogP) is 5.65. The molecule has 1 atom stereocenters. The number of benzene rings is 2. The second-order valence-electron chi connectivity index (χ2n) is 6.17. The Morgan fingerprint density at radius 2 is 2.08 bits per heavy atom. The fourth-order valence-corrected chi connectivity index (χ4v) is 4.94. The lowest BCUT2D eigenvalue weighted by molar-refractivity contribution is 0.0917. The number of carbonyl (C=O) groups is 1. The average molecular weight is 496 g/mol. The Hall–Kier alpha value is -1.28. The van der Waals surface area contributed by atoms with E-state index in [1.54, 1.807) is 4.90 Å². The van der Waals surface area contributed by atoms with Gasteiger partial charge in [0.15, 0.2) is 5.13 Å². The number of anilines is 1. The van der Waals surface area contributed by atoms with Crippen molar-refractivity contribution in [1.82, 2.24) is 4.98 Å². The Bertz CT molecular complexity index is 954. The Balaban J connectivity index is 1.72. The van der Waals surface area contributed by atoms with Gasteiger partial charge in [-0.05, 0) is 49.2 Å². The van der Waals surface area contributed by atoms with E-state index in [2.05, 4.69) is 31.9 Å². The molecule has 1 amide bonds. The molecule has 26 heavy (non-hydrogen) atoms. The molecule has 1 aromatic heterocycles. The molecule has 2 heterocycles. The molecule has 1 fully saturated rings. The fourth-order valence-electron chi connectivity index (χ4n) is 3.02. The number of hydrogen-bond donors (Lipinski definition) is 0. The maximum absolute atomic E-state index is 13.2. The normalized spacial score (nSPS) is 16.9. The first kappa shape index (κ1) is 18.1. The monoisotopic (exact) mass is 494 g/mol. The van der Waals surface area contributed by atoms with E-state index in [0.717, 1.165) is 38.6 Å². The molecule has 1 unspecified atom stereocenters. The maximum atomic E-state index is 13.2. The van der Waals surface area contributed by atoms with E-state index in [1.165, 1.54) is 11.3 Å². The number of ether oxygens (including phenoxy) is 1. The van der Waals surface area contributed by atoms with E-state index in [9.17, 15) is 4.79 Å². The molecule has 7 heteroatoms. The van der Waals surface area contributed by atoms with E-state index in [4.69, 9.17) is 9.72 Å². The summed E-state index contributed by atoms with van der Waals surface area (Å²) in [6.45, 7) is 1.28. The van der Waals surface area contributed by atoms with Crippen molar-refractivity contribution in [2.45, 2.75) is 18.9 Å². The van der Waals surface area contributed by atoms with E-state index >= 15 is 0 Å². The number of halogens is 2. The van der Waals surface area contributed by atoms with Crippen LogP contribution in [0.25, 0.3) is 10.2 Å². The summed E-state index contributed by atoms with van der Waals surface area (Å²) in [7, 11) is 0. The second kappa shape index (κ2) is 7.76. The summed E-state index contributed by atoms with van der Waals surface area (Å²) in [4.78, 5) is 19.7. The molecular formula is C19H16Br2N2O2S. The van der Waals surface area contributed by atoms with Crippen molar-refractivity contribution in [3.05, 3.63) is 57.0 Å². The van der Waals surface area contributed by atoms with Crippen molar-refractivity contribution in [3.8, 4) is 0 Å². The van der Waals surface area contributed by atoms with Crippen molar-refractivity contribution in [1.29, 1.82) is 0 Å². The summed E-state index contributed by atoms with van der Waals surface area (Å²) in [5, 5.41) is 0.707. The number of rotatable bonds is 4. The molecule has 0 saturated carbocycles. The van der Waals surface area contributed by atoms with Crippen LogP contribution in [0.4, 0.5) is 5.13 Å². The van der Waals surface area contributed by atoms with Crippen LogP contribution in [0.3, 0.4) is 0 Å². The van der Waals surface area contributed by atoms with Crippen molar-refractivity contribution >= 4 is 64.5 Å². The van der Waals surface area contributed by atoms with Gasteiger partial charge < -0.3 is 4.74 Å². The summed E-state index contributed by atoms with van der Waals surface area (Å²) < 4.78 is 8.71. The summed E-state index contributed by atoms with van der Waals surface area (Å²) in [6, 6.07) is 13.4. The van der Waals surface area contributed by atoms with Gasteiger partial charge in [0.05, 0.1) is 22.9 Å². The zero-order valence-electron chi connectivity index (χ0n) is 13.8. The van der Waals surface area contributed by atoms with Crippen LogP contribution in [-0.2, 0) is 4.74 Å². The number of thiazole rings is 1. The second-order valence-corrected chi connectivity index (χ2v) is 9.01. The molecule has 0 aliphatic carbocycles. The number of nitrogens with zero attached hydrogens (tertiary/aromatic N) is 2. The number of amides is 1. The molecule has 2 aromatic carbocycles. The van der Waals surface area contributed by atoms with Gasteiger partial charge in [0, 0.05) is 21.1 Å². The number of hydrogen-bond acceptors (Lipinski definition) is 4. The fraction of sp³-hybridized carbons (Fsp3) is 0.263. The zero-order chi connectivity index (χ0) is 18.1. The number of aromatic nitrogens is 1. The topological polar surface area (TPSA) is 42.4 Å². The van der Waals surface area contributed by atoms with Gasteiger partial charge in [0.2, 0.25) is 0 Å². The minimum absolute atomic E-state index is 0.0556. The molecule has 4 nitrogen and oxygen atoms in total. The zero-order valence-corrected chi connectivity index (χ0v) is 17.8. The van der Waals surface area contributed by atoms with Crippen LogP contribution in [0.2, 0.25) is 0 Å². The van der Waals surface area contributed by atoms with Crippen LogP contribution in [0, 0.1) is 0 Å². The van der Waals surface area contributed by atoms with Gasteiger partial charge in [0.1, 0.15) is 0 Å². The maximum Gasteiger partial charge on any atom is 0.260 e. The summed E-state index contributed by atoms with van der Waals surface area (Å²) in [5.74, 6) is -0.0556. The third-order valence-electron chi connectivity index (χ3n) is 4.30. The van der Waals surface area contributed by atoms with Crippen molar-refractivity contribution < 1.29 is 9.53 Å². The van der Waals surface area contributed by atoms with E-state index in [-0.39, 0.29) is 12.0 Å². The Morgan fingerprint density at radius 1 is 1.23 bits per heavy atom. The molecule has 0 N–H and O–H groups in total. The van der Waals surface area contributed by atoms with Gasteiger partial charge in [-0.25, -0.2) is 4.98 Å². The first-order chi connectivity index (χ1) is 12.6. The van der Waals surface area contributed by atoms with Gasteiger partial charge in [-0.1, -0.05) is 49.3 Å². The molecule has 0 bridgehead atoms. The molecule has 3 aromatic rings. The highest BCUT2D eigenvalue weighted by molar-refractivity contribution is 9.10. The lowest BCUT2D eigenvalue weighted by Gasteiger charge is -2.23. The molecule has 1 aliphatic heterocycles. The highest BCUT2D eigenvalue weighted by Gasteiger charge is 2.27. The molecular weight excluding hydrogens is 480 g/mol. The quantitative estimate of drug-likeness (QED) is 0.469. The van der Waals surface area contributed by atoms with Gasteiger partial charge in [-0.2, -0.15) is 0 Å². The molecule has 1 aliphatic rings. The Morgan fingerprint density at radius 3 is 2.85 bits per heavy atom. The molecule has 0 radical (unpaired) electrons. The smallest absolute Gasteiger partial charge is 0.260 e. The molecule has 134 valence electrons. The van der Waals surface area contributed by atoms with E-state index in [0.29, 0.717) is 17.2 Å². The van der Waals surface area contributed by atoms with Crippen molar-refractivity contribution in [2.75, 3.05) is 18.1 Å². The lowest BCUT2D eigenvalue weighted by Crippen LogP contribution is -2.37. The minimum atomic E-state index is -0.0556. The van der Waals surface area contributed by atoms with Gasteiger partial charge in [-0.15, -0.1) is 0 Å². The average Bonchev–Trinajstić information content (AvgIpc) is 3.28. The SMILES string of the molecule is O=C(c1cccc(Br)c1)N(CC1CCCO1)c1nc2ccc(Br)cc2s1. The van der Waals surface area contributed by atoms with Crippen molar-refractivity contribution in [2.24, 2.45) is 0 Å². The molecule has 4 rings (SSSR count). The van der Waals surface area contributed by atoms with E-state index < -0.39 is 0 Å². The highest BCUT2D eigenvalue weighted by Crippen LogP contribution is 2.32. The molecule has 0 spiro atoms. The van der Waals surface area contributed by atoms with Gasteiger partial charge in [-0.3, -0.25) is 9.69 Å². The first-order valence-electron chi connectivity index (χ1n) is 8.35. The summed E-state index contributed by atoms with van der Waals surface area (Å²) >= 11 is 8.47. The van der Waals surface area contributed by atoms with Crippen LogP contribution in [0.1, 0.15) is 23.2 Å². The van der Waals surface area contributed by atoms with Gasteiger partial charge >= 0.3 is 0 Å². The van der Waals surface area contributed by atoms with Crippen LogP contribution in [-0.4, -0.2) is 30.1 Å². The van der Waals surface area contributed by atoms with Gasteiger partial charge in [0.25, 0.3) is 5.91 Å². The lowest BCUT2D eigenvalue weighted by atomic mass is 10.2. The summed E-state index contributed by atoms with van der Waals surface area (Å²) in [5.41, 5.74) is 1.53. The van der Waals surface area contributed by atoms with Crippen molar-refractivity contribution in [3.63, 3.8) is 0 Å². The highest BCUT2D eigenvalue weighted by atomic mass is 79.9. The van der Waals surface area contributed by atoms with Crippen LogP contribution >= 0.6 is 43.2 Å². The van der Waals surface area contributed by atoms with Crippen LogP contribution in [0.5, 0.6) is 0 Å². The standard InChI is InChI=1S/C19H16Br2N2O2S/c20-13-4-1-3-12(9-13)18(24)23(11-15-5-2-8-25-15)19-22-16-7-6-14(21)10-17(16)26-19/h1,3-4,6-7,9-10,15H,2,5,8,11H2. The third-order valence-corrected chi connectivity index (χ3v) is 6.32. The number of fused-ring (bicyclic) bond motifs is 1.